The summed E-state index contributed by atoms with van der Waals surface area (Å²) in [5.41, 5.74) is 0. The first-order valence-corrected chi connectivity index (χ1v) is 4.94. The first kappa shape index (κ1) is 12.4. The molecule has 1 amide bonds. The molecule has 0 saturated heterocycles. The molecule has 0 aromatic heterocycles. The van der Waals surface area contributed by atoms with E-state index in [1.165, 1.54) is 0 Å². The van der Waals surface area contributed by atoms with Crippen molar-refractivity contribution in [2.75, 3.05) is 6.61 Å². The number of amides is 1. The Kier molecular flexibility index (Phi) is 5.71. The van der Waals surface area contributed by atoms with Crippen LogP contribution in [0.1, 0.15) is 34.1 Å². The minimum absolute atomic E-state index is 0.0144. The molecule has 0 spiro atoms. The van der Waals surface area contributed by atoms with Crippen LogP contribution in [0.5, 0.6) is 0 Å². The summed E-state index contributed by atoms with van der Waals surface area (Å²) in [5, 5.41) is 11.7. The van der Waals surface area contributed by atoms with Crippen molar-refractivity contribution >= 4 is 5.91 Å². The number of carbonyl (C=O) groups is 1. The van der Waals surface area contributed by atoms with E-state index < -0.39 is 0 Å². The standard InChI is InChI=1S/C10H21NO2/c1-5-9(6-12)11-10(13)8(4)7(2)3/h7-9,12H,5-6H2,1-4H3,(H,11,13)/t8?,9-/m0/s1. The van der Waals surface area contributed by atoms with Crippen LogP contribution in [0.2, 0.25) is 0 Å². The molecule has 0 fully saturated rings. The molecule has 0 radical (unpaired) electrons. The van der Waals surface area contributed by atoms with Crippen LogP contribution in [0.4, 0.5) is 0 Å². The normalized spacial score (nSPS) is 15.5. The first-order valence-electron chi connectivity index (χ1n) is 4.94. The zero-order valence-electron chi connectivity index (χ0n) is 9.00. The highest BCUT2D eigenvalue weighted by atomic mass is 16.3. The van der Waals surface area contributed by atoms with Gasteiger partial charge in [-0.25, -0.2) is 0 Å². The molecule has 1 unspecified atom stereocenters. The largest absolute Gasteiger partial charge is 0.394 e. The van der Waals surface area contributed by atoms with Crippen LogP contribution in [0, 0.1) is 11.8 Å². The van der Waals surface area contributed by atoms with E-state index in [9.17, 15) is 4.79 Å². The van der Waals surface area contributed by atoms with Gasteiger partial charge in [0.25, 0.3) is 0 Å². The number of nitrogens with one attached hydrogen (secondary N) is 1. The Bertz CT molecular complexity index is 153. The quantitative estimate of drug-likeness (QED) is 0.678. The van der Waals surface area contributed by atoms with Crippen molar-refractivity contribution in [2.24, 2.45) is 11.8 Å². The molecule has 0 rings (SSSR count). The lowest BCUT2D eigenvalue weighted by atomic mass is 9.97. The van der Waals surface area contributed by atoms with Gasteiger partial charge in [-0.1, -0.05) is 27.7 Å². The Balaban J connectivity index is 3.98. The number of rotatable bonds is 5. The van der Waals surface area contributed by atoms with Gasteiger partial charge in [0.15, 0.2) is 0 Å². The van der Waals surface area contributed by atoms with Crippen molar-refractivity contribution in [1.82, 2.24) is 5.32 Å². The molecule has 0 heterocycles. The van der Waals surface area contributed by atoms with Crippen molar-refractivity contribution < 1.29 is 9.90 Å². The summed E-state index contributed by atoms with van der Waals surface area (Å²) in [4.78, 5) is 11.5. The van der Waals surface area contributed by atoms with Crippen molar-refractivity contribution in [3.05, 3.63) is 0 Å². The van der Waals surface area contributed by atoms with Gasteiger partial charge in [0.2, 0.25) is 5.91 Å². The topological polar surface area (TPSA) is 49.3 Å². The average Bonchev–Trinajstić information content (AvgIpc) is 2.12. The fourth-order valence-corrected chi connectivity index (χ4v) is 0.912. The van der Waals surface area contributed by atoms with Gasteiger partial charge < -0.3 is 10.4 Å². The SMILES string of the molecule is CC[C@@H](CO)NC(=O)C(C)C(C)C. The molecule has 0 aromatic carbocycles. The fourth-order valence-electron chi connectivity index (χ4n) is 0.912. The highest BCUT2D eigenvalue weighted by Gasteiger charge is 2.18. The maximum atomic E-state index is 11.5. The lowest BCUT2D eigenvalue weighted by molar-refractivity contribution is -0.126. The van der Waals surface area contributed by atoms with E-state index >= 15 is 0 Å². The lowest BCUT2D eigenvalue weighted by Crippen LogP contribution is -2.41. The first-order chi connectivity index (χ1) is 6.02. The molecule has 0 aliphatic heterocycles. The van der Waals surface area contributed by atoms with Gasteiger partial charge in [0.1, 0.15) is 0 Å². The fraction of sp³-hybridized carbons (Fsp3) is 0.900. The number of hydrogen-bond acceptors (Lipinski definition) is 2. The Labute approximate surface area is 80.5 Å². The van der Waals surface area contributed by atoms with Gasteiger partial charge in [-0.15, -0.1) is 0 Å². The van der Waals surface area contributed by atoms with E-state index in [0.717, 1.165) is 6.42 Å². The van der Waals surface area contributed by atoms with Gasteiger partial charge in [-0.2, -0.15) is 0 Å². The van der Waals surface area contributed by atoms with E-state index in [2.05, 4.69) is 5.32 Å². The number of hydrogen-bond donors (Lipinski definition) is 2. The average molecular weight is 187 g/mol. The summed E-state index contributed by atoms with van der Waals surface area (Å²) in [5.74, 6) is 0.396. The third kappa shape index (κ3) is 4.27. The molecule has 3 nitrogen and oxygen atoms in total. The summed E-state index contributed by atoms with van der Waals surface area (Å²) < 4.78 is 0. The van der Waals surface area contributed by atoms with Crippen molar-refractivity contribution in [2.45, 2.75) is 40.2 Å². The maximum Gasteiger partial charge on any atom is 0.223 e. The minimum atomic E-state index is -0.0892. The Hall–Kier alpha value is -0.570. The summed E-state index contributed by atoms with van der Waals surface area (Å²) in [7, 11) is 0. The maximum absolute atomic E-state index is 11.5. The third-order valence-corrected chi connectivity index (χ3v) is 2.47. The number of carbonyl (C=O) groups excluding carboxylic acids is 1. The van der Waals surface area contributed by atoms with E-state index in [0.29, 0.717) is 5.92 Å². The van der Waals surface area contributed by atoms with Crippen molar-refractivity contribution in [3.8, 4) is 0 Å². The van der Waals surface area contributed by atoms with E-state index in [1.54, 1.807) is 0 Å². The molecule has 0 aliphatic rings. The molecular weight excluding hydrogens is 166 g/mol. The smallest absolute Gasteiger partial charge is 0.223 e. The van der Waals surface area contributed by atoms with Crippen molar-refractivity contribution in [1.29, 1.82) is 0 Å². The van der Waals surface area contributed by atoms with Crippen LogP contribution >= 0.6 is 0 Å². The Morgan fingerprint density at radius 1 is 1.38 bits per heavy atom. The van der Waals surface area contributed by atoms with Crippen LogP contribution in [-0.4, -0.2) is 23.7 Å². The zero-order chi connectivity index (χ0) is 10.4. The van der Waals surface area contributed by atoms with Gasteiger partial charge in [-0.05, 0) is 12.3 Å². The molecule has 78 valence electrons. The van der Waals surface area contributed by atoms with Gasteiger partial charge in [0.05, 0.1) is 12.6 Å². The predicted molar refractivity (Wildman–Crippen MR) is 53.3 cm³/mol. The summed E-state index contributed by atoms with van der Waals surface area (Å²) in [6.45, 7) is 7.91. The van der Waals surface area contributed by atoms with Crippen LogP contribution < -0.4 is 5.32 Å². The summed E-state index contributed by atoms with van der Waals surface area (Å²) in [6, 6.07) is -0.0892. The van der Waals surface area contributed by atoms with Gasteiger partial charge >= 0.3 is 0 Å². The molecule has 2 N–H and O–H groups in total. The van der Waals surface area contributed by atoms with E-state index in [-0.39, 0.29) is 24.5 Å². The summed E-state index contributed by atoms with van der Waals surface area (Å²) >= 11 is 0. The molecule has 2 atom stereocenters. The molecule has 0 bridgehead atoms. The molecule has 0 aliphatic carbocycles. The highest BCUT2D eigenvalue weighted by molar-refractivity contribution is 5.78. The highest BCUT2D eigenvalue weighted by Crippen LogP contribution is 2.09. The van der Waals surface area contributed by atoms with Gasteiger partial charge in [-0.3, -0.25) is 4.79 Å². The second-order valence-corrected chi connectivity index (χ2v) is 3.83. The Morgan fingerprint density at radius 3 is 2.23 bits per heavy atom. The molecular formula is C10H21NO2. The lowest BCUT2D eigenvalue weighted by Gasteiger charge is -2.19. The second-order valence-electron chi connectivity index (χ2n) is 3.83. The Morgan fingerprint density at radius 2 is 1.92 bits per heavy atom. The molecule has 0 aromatic rings. The third-order valence-electron chi connectivity index (χ3n) is 2.47. The van der Waals surface area contributed by atoms with Crippen LogP contribution in [0.3, 0.4) is 0 Å². The minimum Gasteiger partial charge on any atom is -0.394 e. The second kappa shape index (κ2) is 5.97. The molecule has 3 heteroatoms. The number of aliphatic hydroxyl groups is 1. The van der Waals surface area contributed by atoms with Gasteiger partial charge in [0, 0.05) is 5.92 Å². The zero-order valence-corrected chi connectivity index (χ0v) is 9.00. The van der Waals surface area contributed by atoms with Crippen LogP contribution in [-0.2, 0) is 4.79 Å². The summed E-state index contributed by atoms with van der Waals surface area (Å²) in [6.07, 6.45) is 0.771. The van der Waals surface area contributed by atoms with E-state index in [1.807, 2.05) is 27.7 Å². The monoisotopic (exact) mass is 187 g/mol. The molecule has 13 heavy (non-hydrogen) atoms. The number of aliphatic hydroxyl groups excluding tert-OH is 1. The van der Waals surface area contributed by atoms with Crippen molar-refractivity contribution in [3.63, 3.8) is 0 Å². The molecule has 0 saturated carbocycles. The van der Waals surface area contributed by atoms with E-state index in [4.69, 9.17) is 5.11 Å². The predicted octanol–water partition coefficient (Wildman–Crippen LogP) is 1.17. The van der Waals surface area contributed by atoms with Crippen LogP contribution in [0.25, 0.3) is 0 Å². The van der Waals surface area contributed by atoms with Crippen LogP contribution in [0.15, 0.2) is 0 Å².